The molecule has 1 aliphatic rings. The fraction of sp³-hybridized carbons (Fsp3) is 1.00. The smallest absolute Gasteiger partial charge is 0.0113 e. The molecule has 1 unspecified atom stereocenters. The topological polar surface area (TPSA) is 18.5 Å². The van der Waals surface area contributed by atoms with Gasteiger partial charge in [0, 0.05) is 12.1 Å². The zero-order valence-corrected chi connectivity index (χ0v) is 11.5. The standard InChI is InChI=1S/C13H29N3/c1-12(6-5-9-14-2)16-10-7-13(8-11-16)15(3)4/h12-14H,5-11H2,1-4H3. The highest BCUT2D eigenvalue weighted by Crippen LogP contribution is 2.18. The summed E-state index contributed by atoms with van der Waals surface area (Å²) in [5, 5.41) is 3.22. The molecule has 3 nitrogen and oxygen atoms in total. The minimum absolute atomic E-state index is 0.761. The maximum absolute atomic E-state index is 3.22. The lowest BCUT2D eigenvalue weighted by atomic mass is 10.0. The quantitative estimate of drug-likeness (QED) is 0.692. The molecule has 1 rings (SSSR count). The average Bonchev–Trinajstić information content (AvgIpc) is 2.29. The molecule has 1 atom stereocenters. The van der Waals surface area contributed by atoms with Crippen LogP contribution in [0.25, 0.3) is 0 Å². The SMILES string of the molecule is CNCCCC(C)N1CCC(N(C)C)CC1. The van der Waals surface area contributed by atoms with Gasteiger partial charge in [0.15, 0.2) is 0 Å². The Morgan fingerprint density at radius 3 is 2.44 bits per heavy atom. The molecule has 0 aromatic heterocycles. The number of hydrogen-bond donors (Lipinski definition) is 1. The molecule has 1 saturated heterocycles. The molecule has 0 saturated carbocycles. The van der Waals surface area contributed by atoms with E-state index in [4.69, 9.17) is 0 Å². The Hall–Kier alpha value is -0.120. The minimum atomic E-state index is 0.761. The van der Waals surface area contributed by atoms with Crippen LogP contribution in [0, 0.1) is 0 Å². The van der Waals surface area contributed by atoms with Gasteiger partial charge < -0.3 is 15.1 Å². The van der Waals surface area contributed by atoms with Crippen LogP contribution in [-0.2, 0) is 0 Å². The van der Waals surface area contributed by atoms with Gasteiger partial charge in [-0.05, 0) is 73.4 Å². The average molecular weight is 227 g/mol. The molecule has 1 N–H and O–H groups in total. The molecule has 0 spiro atoms. The van der Waals surface area contributed by atoms with Gasteiger partial charge in [-0.1, -0.05) is 0 Å². The van der Waals surface area contributed by atoms with Crippen molar-refractivity contribution in [3.05, 3.63) is 0 Å². The van der Waals surface area contributed by atoms with Crippen LogP contribution < -0.4 is 5.32 Å². The van der Waals surface area contributed by atoms with Crippen LogP contribution in [0.3, 0.4) is 0 Å². The summed E-state index contributed by atoms with van der Waals surface area (Å²) < 4.78 is 0. The van der Waals surface area contributed by atoms with Crippen molar-refractivity contribution >= 4 is 0 Å². The van der Waals surface area contributed by atoms with Gasteiger partial charge >= 0.3 is 0 Å². The lowest BCUT2D eigenvalue weighted by Gasteiger charge is -2.38. The summed E-state index contributed by atoms with van der Waals surface area (Å²) >= 11 is 0. The molecule has 1 aliphatic heterocycles. The van der Waals surface area contributed by atoms with E-state index < -0.39 is 0 Å². The van der Waals surface area contributed by atoms with Crippen molar-refractivity contribution in [1.29, 1.82) is 0 Å². The van der Waals surface area contributed by atoms with Gasteiger partial charge in [-0.25, -0.2) is 0 Å². The van der Waals surface area contributed by atoms with E-state index in [2.05, 4.69) is 36.1 Å². The van der Waals surface area contributed by atoms with Gasteiger partial charge in [-0.2, -0.15) is 0 Å². The molecule has 1 heterocycles. The third-order valence-corrected chi connectivity index (χ3v) is 3.90. The normalized spacial score (nSPS) is 21.6. The first kappa shape index (κ1) is 13.9. The minimum Gasteiger partial charge on any atom is -0.320 e. The molecule has 0 aromatic carbocycles. The van der Waals surface area contributed by atoms with Crippen LogP contribution in [0.4, 0.5) is 0 Å². The second-order valence-corrected chi connectivity index (χ2v) is 5.33. The molecule has 0 radical (unpaired) electrons. The van der Waals surface area contributed by atoms with E-state index in [1.54, 1.807) is 0 Å². The van der Waals surface area contributed by atoms with Crippen molar-refractivity contribution in [3.63, 3.8) is 0 Å². The first-order valence-electron chi connectivity index (χ1n) is 6.70. The van der Waals surface area contributed by atoms with Crippen LogP contribution in [0.5, 0.6) is 0 Å². The Bertz CT molecular complexity index is 174. The Kier molecular flexibility index (Phi) is 6.32. The third kappa shape index (κ3) is 4.40. The van der Waals surface area contributed by atoms with Crippen molar-refractivity contribution in [1.82, 2.24) is 15.1 Å². The van der Waals surface area contributed by atoms with Gasteiger partial charge in [-0.3, -0.25) is 0 Å². The second-order valence-electron chi connectivity index (χ2n) is 5.33. The number of piperidine rings is 1. The van der Waals surface area contributed by atoms with Gasteiger partial charge in [0.25, 0.3) is 0 Å². The fourth-order valence-corrected chi connectivity index (χ4v) is 2.60. The maximum atomic E-state index is 3.22. The molecular formula is C13H29N3. The lowest BCUT2D eigenvalue weighted by Crippen LogP contribution is -2.45. The second kappa shape index (κ2) is 7.25. The summed E-state index contributed by atoms with van der Waals surface area (Å²) in [5.74, 6) is 0. The van der Waals surface area contributed by atoms with Crippen LogP contribution >= 0.6 is 0 Å². The highest BCUT2D eigenvalue weighted by Gasteiger charge is 2.23. The lowest BCUT2D eigenvalue weighted by molar-refractivity contribution is 0.110. The van der Waals surface area contributed by atoms with E-state index >= 15 is 0 Å². The summed E-state index contributed by atoms with van der Waals surface area (Å²) in [5.41, 5.74) is 0. The predicted octanol–water partition coefficient (Wildman–Crippen LogP) is 1.40. The van der Waals surface area contributed by atoms with E-state index in [1.807, 2.05) is 7.05 Å². The number of rotatable bonds is 6. The molecule has 0 aromatic rings. The highest BCUT2D eigenvalue weighted by atomic mass is 15.2. The van der Waals surface area contributed by atoms with Gasteiger partial charge in [0.2, 0.25) is 0 Å². The number of nitrogens with zero attached hydrogens (tertiary/aromatic N) is 2. The number of nitrogens with one attached hydrogen (secondary N) is 1. The molecule has 0 bridgehead atoms. The monoisotopic (exact) mass is 227 g/mol. The predicted molar refractivity (Wildman–Crippen MR) is 70.9 cm³/mol. The van der Waals surface area contributed by atoms with Crippen molar-refractivity contribution in [3.8, 4) is 0 Å². The molecule has 1 fully saturated rings. The highest BCUT2D eigenvalue weighted by molar-refractivity contribution is 4.79. The van der Waals surface area contributed by atoms with Crippen molar-refractivity contribution < 1.29 is 0 Å². The van der Waals surface area contributed by atoms with E-state index in [0.717, 1.165) is 18.6 Å². The largest absolute Gasteiger partial charge is 0.320 e. The van der Waals surface area contributed by atoms with Crippen LogP contribution in [0.1, 0.15) is 32.6 Å². The van der Waals surface area contributed by atoms with E-state index in [-0.39, 0.29) is 0 Å². The molecule has 96 valence electrons. The van der Waals surface area contributed by atoms with Crippen molar-refractivity contribution in [2.75, 3.05) is 40.8 Å². The Balaban J connectivity index is 2.19. The summed E-state index contributed by atoms with van der Waals surface area (Å²) in [6, 6.07) is 1.57. The molecule has 0 aliphatic carbocycles. The van der Waals surface area contributed by atoms with Crippen molar-refractivity contribution in [2.45, 2.75) is 44.7 Å². The zero-order chi connectivity index (χ0) is 12.0. The molecular weight excluding hydrogens is 198 g/mol. The third-order valence-electron chi connectivity index (χ3n) is 3.90. The van der Waals surface area contributed by atoms with E-state index in [0.29, 0.717) is 0 Å². The van der Waals surface area contributed by atoms with Gasteiger partial charge in [0.1, 0.15) is 0 Å². The number of likely N-dealkylation sites (tertiary alicyclic amines) is 1. The maximum Gasteiger partial charge on any atom is 0.0113 e. The Morgan fingerprint density at radius 2 is 1.94 bits per heavy atom. The summed E-state index contributed by atoms with van der Waals surface area (Å²) in [6.45, 7) is 6.09. The first-order chi connectivity index (χ1) is 7.65. The Labute approximate surface area is 101 Å². The van der Waals surface area contributed by atoms with Crippen LogP contribution in [0.2, 0.25) is 0 Å². The first-order valence-corrected chi connectivity index (χ1v) is 6.70. The van der Waals surface area contributed by atoms with Gasteiger partial charge in [0.05, 0.1) is 0 Å². The molecule has 3 heteroatoms. The van der Waals surface area contributed by atoms with Crippen LogP contribution in [0.15, 0.2) is 0 Å². The molecule has 16 heavy (non-hydrogen) atoms. The Morgan fingerprint density at radius 1 is 1.31 bits per heavy atom. The number of hydrogen-bond acceptors (Lipinski definition) is 3. The fourth-order valence-electron chi connectivity index (χ4n) is 2.60. The summed E-state index contributed by atoms with van der Waals surface area (Å²) in [7, 11) is 6.45. The molecule has 0 amide bonds. The zero-order valence-electron chi connectivity index (χ0n) is 11.5. The van der Waals surface area contributed by atoms with Crippen LogP contribution in [-0.4, -0.2) is 62.7 Å². The van der Waals surface area contributed by atoms with Gasteiger partial charge in [-0.15, -0.1) is 0 Å². The van der Waals surface area contributed by atoms with E-state index in [9.17, 15) is 0 Å². The van der Waals surface area contributed by atoms with Crippen molar-refractivity contribution in [2.24, 2.45) is 0 Å². The summed E-state index contributed by atoms with van der Waals surface area (Å²) in [6.07, 6.45) is 5.30. The van der Waals surface area contributed by atoms with E-state index in [1.165, 1.54) is 38.8 Å². The summed E-state index contributed by atoms with van der Waals surface area (Å²) in [4.78, 5) is 5.04.